The molecule has 0 aliphatic heterocycles. The van der Waals surface area contributed by atoms with Crippen molar-refractivity contribution in [3.63, 3.8) is 0 Å². The molecule has 8 heteroatoms. The third kappa shape index (κ3) is 5.10. The molecule has 2 N–H and O–H groups in total. The molecule has 0 aliphatic rings. The van der Waals surface area contributed by atoms with E-state index in [0.29, 0.717) is 11.6 Å². The minimum absolute atomic E-state index is 0.160. The highest BCUT2D eigenvalue weighted by Gasteiger charge is 2.13. The quantitative estimate of drug-likeness (QED) is 0.602. The van der Waals surface area contributed by atoms with Crippen LogP contribution < -0.4 is 10.6 Å². The van der Waals surface area contributed by atoms with Gasteiger partial charge in [0, 0.05) is 16.0 Å². The maximum atomic E-state index is 12.1. The van der Waals surface area contributed by atoms with E-state index in [0.717, 1.165) is 21.8 Å². The third-order valence-electron chi connectivity index (χ3n) is 3.98. The van der Waals surface area contributed by atoms with Crippen LogP contribution in [0, 0.1) is 6.92 Å². The second-order valence-electron chi connectivity index (χ2n) is 6.04. The summed E-state index contributed by atoms with van der Waals surface area (Å²) in [7, 11) is 0. The summed E-state index contributed by atoms with van der Waals surface area (Å²) in [5.74, 6) is -0.754. The fourth-order valence-corrected chi connectivity index (χ4v) is 3.91. The van der Waals surface area contributed by atoms with Crippen molar-refractivity contribution in [3.8, 4) is 10.6 Å². The topological polar surface area (TPSA) is 71.1 Å². The molecule has 0 unspecified atom stereocenters. The Bertz CT molecular complexity index is 1020. The summed E-state index contributed by atoms with van der Waals surface area (Å²) in [6, 6.07) is 12.6. The fraction of sp³-hybridized carbons (Fsp3) is 0.150. The van der Waals surface area contributed by atoms with E-state index in [1.165, 1.54) is 23.5 Å². The predicted octanol–water partition coefficient (Wildman–Crippen LogP) is 4.47. The van der Waals surface area contributed by atoms with Gasteiger partial charge in [0.25, 0.3) is 5.91 Å². The number of rotatable bonds is 6. The lowest BCUT2D eigenvalue weighted by Gasteiger charge is -2.07. The number of hydrogen-bond donors (Lipinski definition) is 2. The molecule has 3 rings (SSSR count). The van der Waals surface area contributed by atoms with Gasteiger partial charge in [-0.15, -0.1) is 11.3 Å². The number of carbonyl (C=O) groups is 2. The number of carbonyl (C=O) groups excluding carboxylic acids is 2. The van der Waals surface area contributed by atoms with Crippen LogP contribution in [0.2, 0.25) is 10.0 Å². The Morgan fingerprint density at radius 2 is 1.89 bits per heavy atom. The van der Waals surface area contributed by atoms with Crippen molar-refractivity contribution < 1.29 is 9.59 Å². The molecule has 0 radical (unpaired) electrons. The van der Waals surface area contributed by atoms with Crippen molar-refractivity contribution in [3.05, 3.63) is 74.7 Å². The van der Waals surface area contributed by atoms with E-state index in [9.17, 15) is 9.59 Å². The number of thiazole rings is 1. The Kier molecular flexibility index (Phi) is 6.67. The van der Waals surface area contributed by atoms with Crippen LogP contribution in [-0.4, -0.2) is 23.3 Å². The standard InChI is InChI=1S/C20H17Cl2N3O2S/c1-12-4-2-3-5-15(12)20-25-14(11-28-20)9-23-18(26)10-24-19(27)16-7-6-13(21)8-17(16)22/h2-8,11H,9-10H2,1H3,(H,23,26)(H,24,27). The summed E-state index contributed by atoms with van der Waals surface area (Å²) in [6.07, 6.45) is 0. The molecule has 2 aromatic carbocycles. The highest BCUT2D eigenvalue weighted by Crippen LogP contribution is 2.26. The lowest BCUT2D eigenvalue weighted by atomic mass is 10.1. The monoisotopic (exact) mass is 433 g/mol. The van der Waals surface area contributed by atoms with Gasteiger partial charge in [0.2, 0.25) is 5.91 Å². The maximum Gasteiger partial charge on any atom is 0.253 e. The lowest BCUT2D eigenvalue weighted by Crippen LogP contribution is -2.36. The highest BCUT2D eigenvalue weighted by atomic mass is 35.5. The van der Waals surface area contributed by atoms with Gasteiger partial charge in [0.15, 0.2) is 0 Å². The van der Waals surface area contributed by atoms with Gasteiger partial charge < -0.3 is 10.6 Å². The zero-order chi connectivity index (χ0) is 20.1. The van der Waals surface area contributed by atoms with Crippen LogP contribution in [0.3, 0.4) is 0 Å². The van der Waals surface area contributed by atoms with Crippen LogP contribution in [0.15, 0.2) is 47.8 Å². The molecule has 2 amide bonds. The Balaban J connectivity index is 1.51. The minimum atomic E-state index is -0.438. The summed E-state index contributed by atoms with van der Waals surface area (Å²) >= 11 is 13.3. The molecule has 1 aromatic heterocycles. The summed E-state index contributed by atoms with van der Waals surface area (Å²) < 4.78 is 0. The van der Waals surface area contributed by atoms with Crippen LogP contribution in [-0.2, 0) is 11.3 Å². The first-order chi connectivity index (χ1) is 13.4. The third-order valence-corrected chi connectivity index (χ3v) is 5.45. The number of halogens is 2. The SMILES string of the molecule is Cc1ccccc1-c1nc(CNC(=O)CNC(=O)c2ccc(Cl)cc2Cl)cs1. The zero-order valence-corrected chi connectivity index (χ0v) is 17.3. The molecule has 0 saturated carbocycles. The maximum absolute atomic E-state index is 12.1. The van der Waals surface area contributed by atoms with Crippen LogP contribution in [0.25, 0.3) is 10.6 Å². The van der Waals surface area contributed by atoms with E-state index >= 15 is 0 Å². The fourth-order valence-electron chi connectivity index (χ4n) is 2.51. The van der Waals surface area contributed by atoms with E-state index in [1.807, 2.05) is 36.6 Å². The Morgan fingerprint density at radius 1 is 1.11 bits per heavy atom. The Morgan fingerprint density at radius 3 is 2.64 bits per heavy atom. The molecular formula is C20H17Cl2N3O2S. The van der Waals surface area contributed by atoms with E-state index < -0.39 is 5.91 Å². The number of hydrogen-bond acceptors (Lipinski definition) is 4. The van der Waals surface area contributed by atoms with Gasteiger partial charge in [-0.05, 0) is 30.7 Å². The van der Waals surface area contributed by atoms with Crippen molar-refractivity contribution in [1.82, 2.24) is 15.6 Å². The average molecular weight is 434 g/mol. The van der Waals surface area contributed by atoms with Crippen LogP contribution in [0.5, 0.6) is 0 Å². The molecule has 0 aliphatic carbocycles. The number of benzene rings is 2. The Labute approximate surface area is 176 Å². The van der Waals surface area contributed by atoms with Gasteiger partial charge in [-0.1, -0.05) is 47.5 Å². The van der Waals surface area contributed by atoms with Gasteiger partial charge in [0.05, 0.1) is 29.4 Å². The van der Waals surface area contributed by atoms with Crippen LogP contribution in [0.4, 0.5) is 0 Å². The van der Waals surface area contributed by atoms with E-state index in [4.69, 9.17) is 23.2 Å². The van der Waals surface area contributed by atoms with Gasteiger partial charge in [0.1, 0.15) is 5.01 Å². The second-order valence-corrected chi connectivity index (χ2v) is 7.74. The smallest absolute Gasteiger partial charge is 0.253 e. The van der Waals surface area contributed by atoms with Crippen molar-refractivity contribution >= 4 is 46.4 Å². The van der Waals surface area contributed by atoms with E-state index in [-0.39, 0.29) is 23.0 Å². The largest absolute Gasteiger partial charge is 0.349 e. The van der Waals surface area contributed by atoms with Crippen LogP contribution in [0.1, 0.15) is 21.6 Å². The van der Waals surface area contributed by atoms with Crippen molar-refractivity contribution in [2.75, 3.05) is 6.54 Å². The molecule has 0 spiro atoms. The molecule has 0 bridgehead atoms. The van der Waals surface area contributed by atoms with Crippen LogP contribution >= 0.6 is 34.5 Å². The predicted molar refractivity (Wildman–Crippen MR) is 113 cm³/mol. The summed E-state index contributed by atoms with van der Waals surface area (Å²) in [6.45, 7) is 2.17. The van der Waals surface area contributed by atoms with Gasteiger partial charge in [-0.3, -0.25) is 9.59 Å². The van der Waals surface area contributed by atoms with E-state index in [2.05, 4.69) is 15.6 Å². The molecule has 5 nitrogen and oxygen atoms in total. The molecule has 0 saturated heterocycles. The molecule has 0 fully saturated rings. The normalized spacial score (nSPS) is 10.5. The van der Waals surface area contributed by atoms with Crippen molar-refractivity contribution in [2.24, 2.45) is 0 Å². The first-order valence-electron chi connectivity index (χ1n) is 8.44. The molecule has 1 heterocycles. The van der Waals surface area contributed by atoms with Gasteiger partial charge >= 0.3 is 0 Å². The summed E-state index contributed by atoms with van der Waals surface area (Å²) in [5.41, 5.74) is 3.26. The summed E-state index contributed by atoms with van der Waals surface area (Å²) in [5, 5.41) is 8.77. The van der Waals surface area contributed by atoms with Gasteiger partial charge in [-0.25, -0.2) is 4.98 Å². The number of aryl methyl sites for hydroxylation is 1. The average Bonchev–Trinajstić information content (AvgIpc) is 3.13. The summed E-state index contributed by atoms with van der Waals surface area (Å²) in [4.78, 5) is 28.7. The molecule has 0 atom stereocenters. The first-order valence-corrected chi connectivity index (χ1v) is 10.1. The lowest BCUT2D eigenvalue weighted by molar-refractivity contribution is -0.120. The number of aromatic nitrogens is 1. The molecule has 3 aromatic rings. The number of amides is 2. The van der Waals surface area contributed by atoms with Crippen molar-refractivity contribution in [2.45, 2.75) is 13.5 Å². The van der Waals surface area contributed by atoms with E-state index in [1.54, 1.807) is 6.07 Å². The molecule has 144 valence electrons. The number of nitrogens with zero attached hydrogens (tertiary/aromatic N) is 1. The Hall–Kier alpha value is -2.41. The second kappa shape index (κ2) is 9.19. The number of nitrogens with one attached hydrogen (secondary N) is 2. The van der Waals surface area contributed by atoms with Crippen molar-refractivity contribution in [1.29, 1.82) is 0 Å². The highest BCUT2D eigenvalue weighted by molar-refractivity contribution is 7.13. The minimum Gasteiger partial charge on any atom is -0.349 e. The van der Waals surface area contributed by atoms with Gasteiger partial charge in [-0.2, -0.15) is 0 Å². The zero-order valence-electron chi connectivity index (χ0n) is 15.0. The first kappa shape index (κ1) is 20.3. The molecule has 28 heavy (non-hydrogen) atoms. The molecular weight excluding hydrogens is 417 g/mol.